The smallest absolute Gasteiger partial charge is 0.303 e. The van der Waals surface area contributed by atoms with Crippen molar-refractivity contribution in [3.63, 3.8) is 0 Å². The predicted molar refractivity (Wildman–Crippen MR) is 79.4 cm³/mol. The second-order valence-corrected chi connectivity index (χ2v) is 5.99. The standard InChI is InChI=1S/C15H20BrNO2/c16-14-5-2-1-4-13(14)12-7-10-17(11-8-12)9-3-6-15(18)19/h1-2,4-5,12H,3,6-11H2,(H,18,19). The number of carbonyl (C=O) groups is 1. The molecule has 1 heterocycles. The molecule has 1 aliphatic rings. The molecule has 1 N–H and O–H groups in total. The number of aliphatic carboxylic acids is 1. The highest BCUT2D eigenvalue weighted by atomic mass is 79.9. The van der Waals surface area contributed by atoms with Crippen molar-refractivity contribution >= 4 is 21.9 Å². The molecule has 0 atom stereocenters. The van der Waals surface area contributed by atoms with E-state index in [1.54, 1.807) is 0 Å². The van der Waals surface area contributed by atoms with Crippen LogP contribution in [0, 0.1) is 0 Å². The quantitative estimate of drug-likeness (QED) is 0.900. The van der Waals surface area contributed by atoms with Gasteiger partial charge in [-0.05, 0) is 56.4 Å². The number of rotatable bonds is 5. The van der Waals surface area contributed by atoms with E-state index >= 15 is 0 Å². The molecule has 19 heavy (non-hydrogen) atoms. The van der Waals surface area contributed by atoms with E-state index < -0.39 is 5.97 Å². The molecule has 104 valence electrons. The van der Waals surface area contributed by atoms with E-state index in [0.717, 1.165) is 38.9 Å². The Morgan fingerprint density at radius 1 is 1.32 bits per heavy atom. The number of carboxylic acid groups (broad SMARTS) is 1. The van der Waals surface area contributed by atoms with Gasteiger partial charge in [0.25, 0.3) is 0 Å². The maximum absolute atomic E-state index is 10.5. The van der Waals surface area contributed by atoms with Crippen molar-refractivity contribution in [1.29, 1.82) is 0 Å². The summed E-state index contributed by atoms with van der Waals surface area (Å²) >= 11 is 3.63. The largest absolute Gasteiger partial charge is 0.481 e. The Morgan fingerprint density at radius 2 is 2.00 bits per heavy atom. The van der Waals surface area contributed by atoms with Gasteiger partial charge in [-0.2, -0.15) is 0 Å². The van der Waals surface area contributed by atoms with Crippen LogP contribution in [-0.4, -0.2) is 35.6 Å². The molecule has 1 aliphatic heterocycles. The average Bonchev–Trinajstić information content (AvgIpc) is 2.40. The monoisotopic (exact) mass is 325 g/mol. The molecule has 0 saturated carbocycles. The molecule has 1 aromatic carbocycles. The third kappa shape index (κ3) is 4.32. The van der Waals surface area contributed by atoms with Crippen LogP contribution >= 0.6 is 15.9 Å². The lowest BCUT2D eigenvalue weighted by atomic mass is 9.89. The van der Waals surface area contributed by atoms with Crippen LogP contribution in [0.4, 0.5) is 0 Å². The number of benzene rings is 1. The molecule has 2 rings (SSSR count). The maximum Gasteiger partial charge on any atom is 0.303 e. The first-order chi connectivity index (χ1) is 9.16. The van der Waals surface area contributed by atoms with Gasteiger partial charge in [-0.25, -0.2) is 0 Å². The van der Waals surface area contributed by atoms with Crippen LogP contribution < -0.4 is 0 Å². The lowest BCUT2D eigenvalue weighted by Crippen LogP contribution is -2.34. The molecule has 1 saturated heterocycles. The lowest BCUT2D eigenvalue weighted by Gasteiger charge is -2.32. The molecular formula is C15H20BrNO2. The summed E-state index contributed by atoms with van der Waals surface area (Å²) in [5, 5.41) is 8.64. The van der Waals surface area contributed by atoms with E-state index in [1.165, 1.54) is 10.0 Å². The molecular weight excluding hydrogens is 306 g/mol. The van der Waals surface area contributed by atoms with Crippen LogP contribution in [0.2, 0.25) is 0 Å². The van der Waals surface area contributed by atoms with Gasteiger partial charge in [0.2, 0.25) is 0 Å². The first kappa shape index (κ1) is 14.5. The highest BCUT2D eigenvalue weighted by Crippen LogP contribution is 2.32. The predicted octanol–water partition coefficient (Wildman–Crippen LogP) is 3.49. The van der Waals surface area contributed by atoms with Crippen molar-refractivity contribution in [1.82, 2.24) is 4.90 Å². The minimum Gasteiger partial charge on any atom is -0.481 e. The van der Waals surface area contributed by atoms with E-state index in [4.69, 9.17) is 5.11 Å². The van der Waals surface area contributed by atoms with Gasteiger partial charge in [-0.1, -0.05) is 34.1 Å². The van der Waals surface area contributed by atoms with Gasteiger partial charge in [-0.3, -0.25) is 4.79 Å². The molecule has 0 amide bonds. The van der Waals surface area contributed by atoms with E-state index in [9.17, 15) is 4.79 Å². The highest BCUT2D eigenvalue weighted by molar-refractivity contribution is 9.10. The third-order valence-electron chi connectivity index (χ3n) is 3.80. The molecule has 0 spiro atoms. The number of nitrogens with zero attached hydrogens (tertiary/aromatic N) is 1. The molecule has 1 fully saturated rings. The molecule has 3 nitrogen and oxygen atoms in total. The van der Waals surface area contributed by atoms with Gasteiger partial charge >= 0.3 is 5.97 Å². The summed E-state index contributed by atoms with van der Waals surface area (Å²) in [6.45, 7) is 3.06. The Hall–Kier alpha value is -0.870. The molecule has 0 aromatic heterocycles. The maximum atomic E-state index is 10.5. The summed E-state index contributed by atoms with van der Waals surface area (Å²) in [7, 11) is 0. The zero-order valence-corrected chi connectivity index (χ0v) is 12.6. The summed E-state index contributed by atoms with van der Waals surface area (Å²) < 4.78 is 1.21. The normalized spacial score (nSPS) is 17.5. The number of likely N-dealkylation sites (tertiary alicyclic amines) is 1. The number of piperidine rings is 1. The van der Waals surface area contributed by atoms with Crippen LogP contribution in [0.5, 0.6) is 0 Å². The third-order valence-corrected chi connectivity index (χ3v) is 4.52. The zero-order chi connectivity index (χ0) is 13.7. The van der Waals surface area contributed by atoms with Gasteiger partial charge in [0.15, 0.2) is 0 Å². The van der Waals surface area contributed by atoms with Crippen LogP contribution in [-0.2, 0) is 4.79 Å². The summed E-state index contributed by atoms with van der Waals surface area (Å²) in [4.78, 5) is 12.9. The summed E-state index contributed by atoms with van der Waals surface area (Å²) in [6.07, 6.45) is 3.37. The number of hydrogen-bond donors (Lipinski definition) is 1. The highest BCUT2D eigenvalue weighted by Gasteiger charge is 2.21. The van der Waals surface area contributed by atoms with Crippen molar-refractivity contribution in [3.05, 3.63) is 34.3 Å². The van der Waals surface area contributed by atoms with Crippen LogP contribution in [0.1, 0.15) is 37.2 Å². The van der Waals surface area contributed by atoms with Gasteiger partial charge < -0.3 is 10.0 Å². The van der Waals surface area contributed by atoms with Crippen molar-refractivity contribution in [2.75, 3.05) is 19.6 Å². The fraction of sp³-hybridized carbons (Fsp3) is 0.533. The lowest BCUT2D eigenvalue weighted by molar-refractivity contribution is -0.137. The Kier molecular flexibility index (Phi) is 5.40. The first-order valence-electron chi connectivity index (χ1n) is 6.85. The Balaban J connectivity index is 1.79. The molecule has 1 aromatic rings. The Bertz CT molecular complexity index is 428. The van der Waals surface area contributed by atoms with Gasteiger partial charge in [0.05, 0.1) is 0 Å². The number of hydrogen-bond acceptors (Lipinski definition) is 2. The van der Waals surface area contributed by atoms with E-state index in [1.807, 2.05) is 0 Å². The molecule has 0 radical (unpaired) electrons. The van der Waals surface area contributed by atoms with E-state index in [-0.39, 0.29) is 6.42 Å². The SMILES string of the molecule is O=C(O)CCCN1CCC(c2ccccc2Br)CC1. The summed E-state index contributed by atoms with van der Waals surface area (Å²) in [5.74, 6) is -0.0607. The average molecular weight is 326 g/mol. The fourth-order valence-corrected chi connectivity index (χ4v) is 3.34. The second-order valence-electron chi connectivity index (χ2n) is 5.13. The number of halogens is 1. The number of carboxylic acids is 1. The van der Waals surface area contributed by atoms with Gasteiger partial charge in [0.1, 0.15) is 0 Å². The van der Waals surface area contributed by atoms with E-state index in [2.05, 4.69) is 45.1 Å². The molecule has 4 heteroatoms. The Morgan fingerprint density at radius 3 is 2.63 bits per heavy atom. The molecule has 0 bridgehead atoms. The Labute approximate surface area is 122 Å². The van der Waals surface area contributed by atoms with Crippen LogP contribution in [0.25, 0.3) is 0 Å². The second kappa shape index (κ2) is 7.06. The molecule has 0 unspecified atom stereocenters. The van der Waals surface area contributed by atoms with Crippen molar-refractivity contribution < 1.29 is 9.90 Å². The summed E-state index contributed by atoms with van der Waals surface area (Å²) in [5.41, 5.74) is 1.41. The first-order valence-corrected chi connectivity index (χ1v) is 7.64. The van der Waals surface area contributed by atoms with Crippen LogP contribution in [0.15, 0.2) is 28.7 Å². The summed E-state index contributed by atoms with van der Waals surface area (Å²) in [6, 6.07) is 8.46. The van der Waals surface area contributed by atoms with Crippen molar-refractivity contribution in [2.24, 2.45) is 0 Å². The molecule has 0 aliphatic carbocycles. The fourth-order valence-electron chi connectivity index (χ4n) is 2.73. The van der Waals surface area contributed by atoms with Gasteiger partial charge in [-0.15, -0.1) is 0 Å². The topological polar surface area (TPSA) is 40.5 Å². The minimum absolute atomic E-state index is 0.282. The zero-order valence-electron chi connectivity index (χ0n) is 11.0. The minimum atomic E-state index is -0.692. The van der Waals surface area contributed by atoms with Crippen molar-refractivity contribution in [2.45, 2.75) is 31.6 Å². The van der Waals surface area contributed by atoms with Gasteiger partial charge in [0, 0.05) is 10.9 Å². The van der Waals surface area contributed by atoms with E-state index in [0.29, 0.717) is 5.92 Å². The van der Waals surface area contributed by atoms with Crippen LogP contribution in [0.3, 0.4) is 0 Å². The van der Waals surface area contributed by atoms with Crippen molar-refractivity contribution in [3.8, 4) is 0 Å².